The zero-order chi connectivity index (χ0) is 62.1. The molecule has 7 aliphatic heterocycles. The number of ether oxygens (including phenoxy) is 14. The van der Waals surface area contributed by atoms with E-state index in [1.807, 2.05) is 0 Å². The molecule has 0 spiro atoms. The predicted molar refractivity (Wildman–Crippen MR) is 265 cm³/mol. The van der Waals surface area contributed by atoms with Crippen LogP contribution in [0.3, 0.4) is 0 Å². The van der Waals surface area contributed by atoms with Gasteiger partial charge in [0, 0.05) is 13.8 Å². The van der Waals surface area contributed by atoms with Gasteiger partial charge in [0.05, 0.1) is 50.8 Å². The molecule has 7 aliphatic rings. The summed E-state index contributed by atoms with van der Waals surface area (Å²) in [6.07, 6.45) is -61.3. The third-order valence-electron chi connectivity index (χ3n) is 15.6. The van der Waals surface area contributed by atoms with Crippen LogP contribution in [0.4, 0.5) is 0 Å². The Hall–Kier alpha value is -2.30. The number of nitrogens with one attached hydrogen (secondary N) is 2. The summed E-state index contributed by atoms with van der Waals surface area (Å²) in [5, 5.41) is 192. The number of carbonyl (C=O) groups is 2. The highest BCUT2D eigenvalue weighted by molar-refractivity contribution is 5.73. The standard InChI is InChI=1S/C49H84N2O33/c1-12(2)71-43-22(50-16(6)56)39(81-45-33(67)29(63)24(58)13(3)72-45)37(20(10-54)77-43)79-48-36(70)41(28(62)19(9-53)75-48)83-44-23(51-17(7)57)40(82-46-34(68)30(64)25(59)14(4)73-46)38(21(11-55)78-44)80-49-42(32(66)27(61)18(8-52)76-49)84-47-35(69)31(65)26(60)15(5)74-47/h12-15,18-49,52-55,58-70H,8-11H2,1-7H3,(H,50,56)(H,51,57)/t13?,14?,15-,18-,19-,20?,21?,22?,23?,24+,25+,26+,27-,28-,29-,30-,31?,32?,33?,34?,35?,36?,37+,38+,39+,40+,41?,42?,43+,44-,45-,46-,47-,48-,49-/m0/s1. The van der Waals surface area contributed by atoms with Crippen LogP contribution < -0.4 is 10.6 Å². The fraction of sp³-hybridized carbons (Fsp3) is 0.959. The largest absolute Gasteiger partial charge is 0.394 e. The monoisotopic (exact) mass is 1230 g/mol. The minimum atomic E-state index is -2.28. The molecule has 2 amide bonds. The van der Waals surface area contributed by atoms with E-state index in [0.717, 1.165) is 13.8 Å². The summed E-state index contributed by atoms with van der Waals surface area (Å²) in [6, 6.07) is -3.35. The second kappa shape index (κ2) is 29.6. The second-order valence-corrected chi connectivity index (χ2v) is 22.2. The van der Waals surface area contributed by atoms with Crippen molar-refractivity contribution in [3.05, 3.63) is 0 Å². The Morgan fingerprint density at radius 1 is 0.345 bits per heavy atom. The molecule has 35 nitrogen and oxygen atoms in total. The quantitative estimate of drug-likeness (QED) is 0.0538. The maximum absolute atomic E-state index is 13.3. The van der Waals surface area contributed by atoms with Gasteiger partial charge in [0.2, 0.25) is 11.8 Å². The molecule has 84 heavy (non-hydrogen) atoms. The van der Waals surface area contributed by atoms with Crippen molar-refractivity contribution in [2.45, 2.75) is 269 Å². The average Bonchev–Trinajstić information content (AvgIpc) is 1.72. The topological polar surface area (TPSA) is 531 Å². The molecule has 0 radical (unpaired) electrons. The molecule has 0 bridgehead atoms. The molecule has 0 saturated carbocycles. The fourth-order valence-electron chi connectivity index (χ4n) is 11.0. The summed E-state index contributed by atoms with van der Waals surface area (Å²) in [7, 11) is 0. The molecular formula is C49H84N2O33. The number of rotatable bonds is 20. The molecule has 35 atom stereocenters. The van der Waals surface area contributed by atoms with E-state index in [0.29, 0.717) is 0 Å². The van der Waals surface area contributed by atoms with Gasteiger partial charge in [-0.15, -0.1) is 0 Å². The lowest BCUT2D eigenvalue weighted by Crippen LogP contribution is -2.72. The van der Waals surface area contributed by atoms with E-state index >= 15 is 0 Å². The molecule has 0 aromatic heterocycles. The van der Waals surface area contributed by atoms with Crippen LogP contribution in [-0.4, -0.2) is 346 Å². The van der Waals surface area contributed by atoms with Crippen LogP contribution in [0, 0.1) is 0 Å². The smallest absolute Gasteiger partial charge is 0.217 e. The number of carbonyl (C=O) groups excluding carboxylic acids is 2. The molecule has 488 valence electrons. The van der Waals surface area contributed by atoms with Crippen molar-refractivity contribution in [1.29, 1.82) is 0 Å². The zero-order valence-corrected chi connectivity index (χ0v) is 46.7. The highest BCUT2D eigenvalue weighted by Gasteiger charge is 2.60. The van der Waals surface area contributed by atoms with E-state index in [9.17, 15) is 96.4 Å². The van der Waals surface area contributed by atoms with Crippen LogP contribution in [0.25, 0.3) is 0 Å². The maximum Gasteiger partial charge on any atom is 0.217 e. The molecular weight excluding hydrogens is 1140 g/mol. The number of hydrogen-bond acceptors (Lipinski definition) is 33. The van der Waals surface area contributed by atoms with Crippen LogP contribution in [0.2, 0.25) is 0 Å². The van der Waals surface area contributed by atoms with Gasteiger partial charge in [-0.05, 0) is 34.6 Å². The van der Waals surface area contributed by atoms with Gasteiger partial charge in [-0.25, -0.2) is 0 Å². The van der Waals surface area contributed by atoms with Crippen LogP contribution >= 0.6 is 0 Å². The van der Waals surface area contributed by atoms with E-state index in [1.54, 1.807) is 13.8 Å². The molecule has 0 aromatic rings. The van der Waals surface area contributed by atoms with Crippen molar-refractivity contribution < 1.29 is 163 Å². The van der Waals surface area contributed by atoms with E-state index in [1.165, 1.54) is 20.8 Å². The van der Waals surface area contributed by atoms with Crippen LogP contribution in [0.5, 0.6) is 0 Å². The summed E-state index contributed by atoms with van der Waals surface area (Å²) in [5.74, 6) is -1.61. The SMILES string of the molecule is CC(=O)NC1[C@H](OC(C)C)OC(CO)[C@@H](O[C@@H]2O[C@@H](CO)[C@H](O)C(O[C@@H]3OC(CO)[C@@H](O[C@@H]4O[C@@H](CO)[C@H](O)C(O)C4O[C@@H]4O[C@@H](C)[C@@H](O)C(O)C4O)[C@H](O[C@@H]4OC(C)[C@@H](O)[C@H](O)C4O)C3NC(C)=O)C2O)[C@@H]1O[C@@H]1OC(C)[C@@H](O)[C@H](O)C1O. The minimum absolute atomic E-state index is 0.616. The van der Waals surface area contributed by atoms with Crippen LogP contribution in [-0.2, 0) is 75.9 Å². The summed E-state index contributed by atoms with van der Waals surface area (Å²) in [5.41, 5.74) is 0. The predicted octanol–water partition coefficient (Wildman–Crippen LogP) is -11.5. The van der Waals surface area contributed by atoms with E-state index in [2.05, 4.69) is 10.6 Å². The van der Waals surface area contributed by atoms with Gasteiger partial charge in [-0.2, -0.15) is 0 Å². The van der Waals surface area contributed by atoms with Gasteiger partial charge in [-0.3, -0.25) is 9.59 Å². The van der Waals surface area contributed by atoms with Crippen molar-refractivity contribution >= 4 is 11.8 Å². The molecule has 7 fully saturated rings. The summed E-state index contributed by atoms with van der Waals surface area (Å²) in [6.45, 7) is 5.21. The zero-order valence-electron chi connectivity index (χ0n) is 46.7. The number of aliphatic hydroxyl groups is 17. The van der Waals surface area contributed by atoms with Gasteiger partial charge in [0.1, 0.15) is 152 Å². The van der Waals surface area contributed by atoms with Gasteiger partial charge < -0.3 is 164 Å². The second-order valence-electron chi connectivity index (χ2n) is 22.2. The molecule has 19 N–H and O–H groups in total. The normalized spacial score (nSPS) is 50.4. The maximum atomic E-state index is 13.3. The first kappa shape index (κ1) is 69.2. The lowest BCUT2D eigenvalue weighted by Gasteiger charge is -2.52. The third kappa shape index (κ3) is 15.0. The first-order valence-electron chi connectivity index (χ1n) is 27.6. The Balaban J connectivity index is 1.26. The highest BCUT2D eigenvalue weighted by Crippen LogP contribution is 2.39. The van der Waals surface area contributed by atoms with Gasteiger partial charge in [0.25, 0.3) is 0 Å². The van der Waals surface area contributed by atoms with Gasteiger partial charge >= 0.3 is 0 Å². The van der Waals surface area contributed by atoms with Crippen molar-refractivity contribution in [2.24, 2.45) is 0 Å². The Morgan fingerprint density at radius 2 is 0.667 bits per heavy atom. The van der Waals surface area contributed by atoms with Gasteiger partial charge in [-0.1, -0.05) is 0 Å². The molecule has 0 aliphatic carbocycles. The van der Waals surface area contributed by atoms with Crippen molar-refractivity contribution in [2.75, 3.05) is 26.4 Å². The Kier molecular flexibility index (Phi) is 24.3. The molecule has 35 heteroatoms. The summed E-state index contributed by atoms with van der Waals surface area (Å²) >= 11 is 0. The number of amides is 2. The highest BCUT2D eigenvalue weighted by atomic mass is 16.8. The van der Waals surface area contributed by atoms with Gasteiger partial charge in [0.15, 0.2) is 44.0 Å². The summed E-state index contributed by atoms with van der Waals surface area (Å²) < 4.78 is 84.5. The van der Waals surface area contributed by atoms with E-state index < -0.39 is 259 Å². The fourth-order valence-corrected chi connectivity index (χ4v) is 11.0. The molecule has 7 saturated heterocycles. The Morgan fingerprint density at radius 3 is 1.07 bits per heavy atom. The lowest BCUT2D eigenvalue weighted by atomic mass is 9.93. The first-order valence-corrected chi connectivity index (χ1v) is 27.6. The molecule has 14 unspecified atom stereocenters. The minimum Gasteiger partial charge on any atom is -0.394 e. The summed E-state index contributed by atoms with van der Waals surface area (Å²) in [4.78, 5) is 26.2. The average molecular weight is 1230 g/mol. The molecule has 7 heterocycles. The van der Waals surface area contributed by atoms with E-state index in [-0.39, 0.29) is 0 Å². The first-order chi connectivity index (χ1) is 39.6. The lowest BCUT2D eigenvalue weighted by molar-refractivity contribution is -0.402. The third-order valence-corrected chi connectivity index (χ3v) is 15.6. The van der Waals surface area contributed by atoms with E-state index in [4.69, 9.17) is 66.3 Å². The van der Waals surface area contributed by atoms with Crippen LogP contribution in [0.1, 0.15) is 48.5 Å². The number of aliphatic hydroxyl groups excluding tert-OH is 17. The van der Waals surface area contributed by atoms with Crippen molar-refractivity contribution in [3.8, 4) is 0 Å². The van der Waals surface area contributed by atoms with Crippen LogP contribution in [0.15, 0.2) is 0 Å². The molecule has 7 rings (SSSR count). The molecule has 0 aromatic carbocycles. The number of hydrogen-bond donors (Lipinski definition) is 19. The Labute approximate surface area is 480 Å². The van der Waals surface area contributed by atoms with Crippen molar-refractivity contribution in [1.82, 2.24) is 10.6 Å². The Bertz CT molecular complexity index is 2080. The van der Waals surface area contributed by atoms with Crippen molar-refractivity contribution in [3.63, 3.8) is 0 Å².